The van der Waals surface area contributed by atoms with Crippen LogP contribution in [-0.4, -0.2) is 38.1 Å². The van der Waals surface area contributed by atoms with Crippen LogP contribution >= 0.6 is 0 Å². The summed E-state index contributed by atoms with van der Waals surface area (Å²) in [4.78, 5) is 0. The van der Waals surface area contributed by atoms with Gasteiger partial charge in [0.15, 0.2) is 0 Å². The van der Waals surface area contributed by atoms with Gasteiger partial charge in [-0.2, -0.15) is 0 Å². The summed E-state index contributed by atoms with van der Waals surface area (Å²) in [7, 11) is 1.66. The van der Waals surface area contributed by atoms with Gasteiger partial charge in [-0.25, -0.2) is 0 Å². The number of hydrogen-bond acceptors (Lipinski definition) is 3. The maximum absolute atomic E-state index is 9.23. The molecule has 0 saturated heterocycles. The first kappa shape index (κ1) is 10.9. The average molecular weight is 162 g/mol. The Morgan fingerprint density at radius 3 is 2.73 bits per heavy atom. The molecule has 0 radical (unpaired) electrons. The highest BCUT2D eigenvalue weighted by atomic mass is 16.5. The third-order valence-corrected chi connectivity index (χ3v) is 1.40. The van der Waals surface area contributed by atoms with Crippen LogP contribution in [0, 0.1) is 0 Å². The standard InChI is InChI=1S/C8H18O3/c1-3-11-7-8(9)5-4-6-10-2/h8-9H,3-7H2,1-2H3. The summed E-state index contributed by atoms with van der Waals surface area (Å²) in [6, 6.07) is 0. The minimum absolute atomic E-state index is 0.329. The van der Waals surface area contributed by atoms with E-state index in [0.717, 1.165) is 12.8 Å². The molecule has 1 N–H and O–H groups in total. The molecule has 0 rings (SSSR count). The predicted molar refractivity (Wildman–Crippen MR) is 43.6 cm³/mol. The minimum Gasteiger partial charge on any atom is -0.391 e. The van der Waals surface area contributed by atoms with E-state index in [9.17, 15) is 5.11 Å². The summed E-state index contributed by atoms with van der Waals surface area (Å²) in [5.41, 5.74) is 0. The first-order valence-electron chi connectivity index (χ1n) is 4.06. The van der Waals surface area contributed by atoms with Crippen LogP contribution in [0.1, 0.15) is 19.8 Å². The van der Waals surface area contributed by atoms with Crippen molar-refractivity contribution in [2.45, 2.75) is 25.9 Å². The van der Waals surface area contributed by atoms with Crippen molar-refractivity contribution in [1.82, 2.24) is 0 Å². The van der Waals surface area contributed by atoms with E-state index >= 15 is 0 Å². The van der Waals surface area contributed by atoms with Gasteiger partial charge >= 0.3 is 0 Å². The summed E-state index contributed by atoms with van der Waals surface area (Å²) >= 11 is 0. The Bertz CT molecular complexity index is 75.7. The molecule has 0 aromatic heterocycles. The number of methoxy groups -OCH3 is 1. The lowest BCUT2D eigenvalue weighted by atomic mass is 10.2. The Labute approximate surface area is 68.3 Å². The molecule has 0 aliphatic heterocycles. The molecule has 0 aliphatic rings. The topological polar surface area (TPSA) is 38.7 Å². The van der Waals surface area contributed by atoms with Gasteiger partial charge in [-0.15, -0.1) is 0 Å². The highest BCUT2D eigenvalue weighted by molar-refractivity contribution is 4.52. The molecule has 0 aliphatic carbocycles. The van der Waals surface area contributed by atoms with E-state index in [1.54, 1.807) is 7.11 Å². The molecule has 1 unspecified atom stereocenters. The molecule has 0 amide bonds. The number of aliphatic hydroxyl groups excluding tert-OH is 1. The monoisotopic (exact) mass is 162 g/mol. The van der Waals surface area contributed by atoms with Gasteiger partial charge in [0, 0.05) is 20.3 Å². The van der Waals surface area contributed by atoms with Crippen molar-refractivity contribution in [3.8, 4) is 0 Å². The molecule has 68 valence electrons. The third-order valence-electron chi connectivity index (χ3n) is 1.40. The van der Waals surface area contributed by atoms with E-state index in [1.165, 1.54) is 0 Å². The third kappa shape index (κ3) is 7.78. The van der Waals surface area contributed by atoms with Crippen LogP contribution in [0.3, 0.4) is 0 Å². The van der Waals surface area contributed by atoms with Crippen molar-refractivity contribution >= 4 is 0 Å². The molecule has 0 fully saturated rings. The van der Waals surface area contributed by atoms with Gasteiger partial charge < -0.3 is 14.6 Å². The lowest BCUT2D eigenvalue weighted by molar-refractivity contribution is 0.0331. The zero-order valence-electron chi connectivity index (χ0n) is 7.38. The largest absolute Gasteiger partial charge is 0.391 e. The number of hydrogen-bond donors (Lipinski definition) is 1. The fourth-order valence-electron chi connectivity index (χ4n) is 0.801. The first-order valence-corrected chi connectivity index (χ1v) is 4.06. The Kier molecular flexibility index (Phi) is 7.89. The summed E-state index contributed by atoms with van der Waals surface area (Å²) in [5, 5.41) is 9.23. The number of ether oxygens (including phenoxy) is 2. The summed E-state index contributed by atoms with van der Waals surface area (Å²) in [6.07, 6.45) is 1.32. The second kappa shape index (κ2) is 7.98. The van der Waals surface area contributed by atoms with E-state index in [2.05, 4.69) is 0 Å². The summed E-state index contributed by atoms with van der Waals surface area (Å²) in [5.74, 6) is 0. The molecule has 11 heavy (non-hydrogen) atoms. The molecule has 0 bridgehead atoms. The predicted octanol–water partition coefficient (Wildman–Crippen LogP) is 0.810. The van der Waals surface area contributed by atoms with Crippen molar-refractivity contribution in [3.63, 3.8) is 0 Å². The quantitative estimate of drug-likeness (QED) is 0.563. The molecule has 1 atom stereocenters. The van der Waals surface area contributed by atoms with Gasteiger partial charge in [0.05, 0.1) is 12.7 Å². The van der Waals surface area contributed by atoms with Gasteiger partial charge in [-0.3, -0.25) is 0 Å². The second-order valence-corrected chi connectivity index (χ2v) is 2.45. The number of rotatable bonds is 7. The fraction of sp³-hybridized carbons (Fsp3) is 1.00. The van der Waals surface area contributed by atoms with Crippen molar-refractivity contribution in [2.24, 2.45) is 0 Å². The molecule has 3 nitrogen and oxygen atoms in total. The Hall–Kier alpha value is -0.120. The van der Waals surface area contributed by atoms with Crippen LogP contribution in [0.15, 0.2) is 0 Å². The van der Waals surface area contributed by atoms with Crippen LogP contribution in [0.25, 0.3) is 0 Å². The average Bonchev–Trinajstić information content (AvgIpc) is 2.01. The van der Waals surface area contributed by atoms with Crippen molar-refractivity contribution in [3.05, 3.63) is 0 Å². The van der Waals surface area contributed by atoms with Crippen molar-refractivity contribution in [1.29, 1.82) is 0 Å². The maximum Gasteiger partial charge on any atom is 0.0774 e. The molecule has 0 spiro atoms. The zero-order chi connectivity index (χ0) is 8.53. The minimum atomic E-state index is -0.329. The molecule has 3 heteroatoms. The lowest BCUT2D eigenvalue weighted by Gasteiger charge is -2.09. The van der Waals surface area contributed by atoms with Gasteiger partial charge in [-0.1, -0.05) is 0 Å². The van der Waals surface area contributed by atoms with Crippen LogP contribution < -0.4 is 0 Å². The second-order valence-electron chi connectivity index (χ2n) is 2.45. The van der Waals surface area contributed by atoms with E-state index in [0.29, 0.717) is 19.8 Å². The van der Waals surface area contributed by atoms with Gasteiger partial charge in [0.1, 0.15) is 0 Å². The van der Waals surface area contributed by atoms with Crippen LogP contribution in [0.2, 0.25) is 0 Å². The maximum atomic E-state index is 9.23. The van der Waals surface area contributed by atoms with Crippen LogP contribution in [0.5, 0.6) is 0 Å². The fourth-order valence-corrected chi connectivity index (χ4v) is 0.801. The normalized spacial score (nSPS) is 13.4. The van der Waals surface area contributed by atoms with Crippen molar-refractivity contribution < 1.29 is 14.6 Å². The Morgan fingerprint density at radius 1 is 1.45 bits per heavy atom. The van der Waals surface area contributed by atoms with Crippen LogP contribution in [-0.2, 0) is 9.47 Å². The molecule has 0 aromatic carbocycles. The van der Waals surface area contributed by atoms with Gasteiger partial charge in [0.2, 0.25) is 0 Å². The lowest BCUT2D eigenvalue weighted by Crippen LogP contribution is -2.15. The number of aliphatic hydroxyl groups is 1. The molecule has 0 heterocycles. The molecular weight excluding hydrogens is 144 g/mol. The highest BCUT2D eigenvalue weighted by Gasteiger charge is 2.02. The molecular formula is C8H18O3. The first-order chi connectivity index (χ1) is 5.31. The summed E-state index contributed by atoms with van der Waals surface area (Å²) < 4.78 is 9.88. The van der Waals surface area contributed by atoms with Crippen molar-refractivity contribution in [2.75, 3.05) is 26.9 Å². The smallest absolute Gasteiger partial charge is 0.0774 e. The van der Waals surface area contributed by atoms with E-state index in [4.69, 9.17) is 9.47 Å². The van der Waals surface area contributed by atoms with Gasteiger partial charge in [-0.05, 0) is 19.8 Å². The van der Waals surface area contributed by atoms with Gasteiger partial charge in [0.25, 0.3) is 0 Å². The Balaban J connectivity index is 3.02. The zero-order valence-corrected chi connectivity index (χ0v) is 7.38. The van der Waals surface area contributed by atoms with E-state index in [-0.39, 0.29) is 6.10 Å². The van der Waals surface area contributed by atoms with Crippen LogP contribution in [0.4, 0.5) is 0 Å². The van der Waals surface area contributed by atoms with E-state index in [1.807, 2.05) is 6.92 Å². The molecule has 0 aromatic rings. The van der Waals surface area contributed by atoms with E-state index < -0.39 is 0 Å². The molecule has 0 saturated carbocycles. The Morgan fingerprint density at radius 2 is 2.18 bits per heavy atom. The highest BCUT2D eigenvalue weighted by Crippen LogP contribution is 1.97. The SMILES string of the molecule is CCOCC(O)CCCOC. The summed E-state index contributed by atoms with van der Waals surface area (Å²) in [6.45, 7) is 3.74.